The van der Waals surface area contributed by atoms with Gasteiger partial charge in [0.2, 0.25) is 0 Å². The van der Waals surface area contributed by atoms with Gasteiger partial charge in [-0.2, -0.15) is 0 Å². The lowest BCUT2D eigenvalue weighted by atomic mass is 10.1. The van der Waals surface area contributed by atoms with Crippen LogP contribution in [0.1, 0.15) is 34.0 Å². The summed E-state index contributed by atoms with van der Waals surface area (Å²) in [6.45, 7) is 4.24. The molecule has 1 atom stereocenters. The van der Waals surface area contributed by atoms with Crippen LogP contribution in [0.4, 0.5) is 5.82 Å². The molecule has 1 aliphatic rings. The highest BCUT2D eigenvalue weighted by atomic mass is 16.1. The normalized spacial score (nSPS) is 16.1. The lowest BCUT2D eigenvalue weighted by Crippen LogP contribution is -2.42. The molecule has 28 heavy (non-hydrogen) atoms. The van der Waals surface area contributed by atoms with Crippen molar-refractivity contribution < 1.29 is 4.79 Å². The molecule has 142 valence electrons. The van der Waals surface area contributed by atoms with Crippen molar-refractivity contribution in [3.8, 4) is 0 Å². The molecular formula is C23H24N4O. The molecule has 0 saturated carbocycles. The molecule has 5 nitrogen and oxygen atoms in total. The Balaban J connectivity index is 1.45. The van der Waals surface area contributed by atoms with Crippen molar-refractivity contribution in [2.75, 3.05) is 5.32 Å². The van der Waals surface area contributed by atoms with Crippen LogP contribution in [0.3, 0.4) is 0 Å². The van der Waals surface area contributed by atoms with Crippen LogP contribution in [0.5, 0.6) is 0 Å². The Morgan fingerprint density at radius 1 is 1.11 bits per heavy atom. The van der Waals surface area contributed by atoms with Gasteiger partial charge in [-0.15, -0.1) is 0 Å². The largest absolute Gasteiger partial charge is 0.355 e. The summed E-state index contributed by atoms with van der Waals surface area (Å²) in [6.07, 6.45) is 1.82. The Bertz CT molecular complexity index is 943. The van der Waals surface area contributed by atoms with Crippen LogP contribution in [0.2, 0.25) is 0 Å². The molecule has 0 spiro atoms. The highest BCUT2D eigenvalue weighted by molar-refractivity contribution is 5.94. The van der Waals surface area contributed by atoms with Crippen LogP contribution in [0.25, 0.3) is 0 Å². The van der Waals surface area contributed by atoms with Crippen molar-refractivity contribution in [3.05, 3.63) is 95.2 Å². The molecule has 1 amide bonds. The van der Waals surface area contributed by atoms with Crippen molar-refractivity contribution >= 4 is 11.7 Å². The van der Waals surface area contributed by atoms with E-state index in [1.807, 2.05) is 42.5 Å². The maximum Gasteiger partial charge on any atom is 0.253 e. The van der Waals surface area contributed by atoms with Crippen LogP contribution in [0, 0.1) is 0 Å². The molecule has 0 radical (unpaired) electrons. The maximum absolute atomic E-state index is 12.6. The van der Waals surface area contributed by atoms with Crippen LogP contribution >= 0.6 is 0 Å². The van der Waals surface area contributed by atoms with Gasteiger partial charge in [0.25, 0.3) is 5.91 Å². The second-order valence-electron chi connectivity index (χ2n) is 7.11. The highest BCUT2D eigenvalue weighted by Gasteiger charge is 2.24. The molecule has 0 bridgehead atoms. The first kappa shape index (κ1) is 18.2. The van der Waals surface area contributed by atoms with Gasteiger partial charge in [-0.1, -0.05) is 60.7 Å². The Labute approximate surface area is 165 Å². The zero-order chi connectivity index (χ0) is 19.3. The molecule has 1 unspecified atom stereocenters. The fourth-order valence-electron chi connectivity index (χ4n) is 3.42. The van der Waals surface area contributed by atoms with Gasteiger partial charge in [-0.25, -0.2) is 4.98 Å². The topological polar surface area (TPSA) is 57.3 Å². The maximum atomic E-state index is 12.6. The van der Waals surface area contributed by atoms with E-state index < -0.39 is 0 Å². The van der Waals surface area contributed by atoms with E-state index in [0.29, 0.717) is 12.1 Å². The number of hydrogen-bond donors (Lipinski definition) is 2. The number of nitrogens with one attached hydrogen (secondary N) is 2. The minimum Gasteiger partial charge on any atom is -0.355 e. The number of anilines is 1. The highest BCUT2D eigenvalue weighted by Crippen LogP contribution is 2.25. The zero-order valence-corrected chi connectivity index (χ0v) is 15.9. The molecule has 1 aromatic heterocycles. The van der Waals surface area contributed by atoms with Gasteiger partial charge in [0.1, 0.15) is 5.82 Å². The Morgan fingerprint density at radius 2 is 1.79 bits per heavy atom. The molecule has 5 heteroatoms. The Hall–Kier alpha value is -3.18. The second kappa shape index (κ2) is 8.23. The molecule has 4 rings (SSSR count). The van der Waals surface area contributed by atoms with Gasteiger partial charge in [0.05, 0.1) is 11.7 Å². The predicted octanol–water partition coefficient (Wildman–Crippen LogP) is 3.79. The summed E-state index contributed by atoms with van der Waals surface area (Å²) in [7, 11) is 0. The minimum absolute atomic E-state index is 0.104. The summed E-state index contributed by atoms with van der Waals surface area (Å²) in [5.41, 5.74) is 3.97. The van der Waals surface area contributed by atoms with E-state index >= 15 is 0 Å². The monoisotopic (exact) mass is 372 g/mol. The predicted molar refractivity (Wildman–Crippen MR) is 111 cm³/mol. The number of amides is 1. The quantitative estimate of drug-likeness (QED) is 0.716. The molecule has 2 heterocycles. The number of nitrogens with zero attached hydrogens (tertiary/aromatic N) is 2. The molecule has 0 fully saturated rings. The molecule has 3 aromatic rings. The average Bonchev–Trinajstić information content (AvgIpc) is 2.74. The van der Waals surface area contributed by atoms with E-state index in [-0.39, 0.29) is 12.1 Å². The Kier molecular flexibility index (Phi) is 5.35. The number of rotatable bonds is 5. The van der Waals surface area contributed by atoms with Crippen molar-refractivity contribution in [1.29, 1.82) is 0 Å². The fourth-order valence-corrected chi connectivity index (χ4v) is 3.42. The molecular weight excluding hydrogens is 348 g/mol. The first-order valence-corrected chi connectivity index (χ1v) is 9.54. The smallest absolute Gasteiger partial charge is 0.253 e. The summed E-state index contributed by atoms with van der Waals surface area (Å²) < 4.78 is 0. The standard InChI is InChI=1S/C23H24N4O/c1-17-26-22-21(16-27(17)15-19-10-6-3-7-11-19)12-20(14-24-22)23(28)25-13-18-8-4-2-5-9-18/h2-12,14,17H,13,15-16H2,1H3,(H,24,26)(H,25,28). The number of pyridine rings is 1. The molecule has 2 aromatic carbocycles. The van der Waals surface area contributed by atoms with Gasteiger partial charge < -0.3 is 10.6 Å². The van der Waals surface area contributed by atoms with E-state index in [9.17, 15) is 4.79 Å². The van der Waals surface area contributed by atoms with Gasteiger partial charge >= 0.3 is 0 Å². The number of benzene rings is 2. The van der Waals surface area contributed by atoms with Gasteiger partial charge in [-0.05, 0) is 24.1 Å². The lowest BCUT2D eigenvalue weighted by Gasteiger charge is -2.35. The van der Waals surface area contributed by atoms with Crippen molar-refractivity contribution in [2.45, 2.75) is 32.7 Å². The third-order valence-corrected chi connectivity index (χ3v) is 5.02. The van der Waals surface area contributed by atoms with Crippen LogP contribution in [-0.2, 0) is 19.6 Å². The first-order valence-electron chi connectivity index (χ1n) is 9.54. The van der Waals surface area contributed by atoms with E-state index in [1.54, 1.807) is 6.20 Å². The third kappa shape index (κ3) is 4.21. The van der Waals surface area contributed by atoms with E-state index in [0.717, 1.165) is 30.0 Å². The third-order valence-electron chi connectivity index (χ3n) is 5.02. The van der Waals surface area contributed by atoms with E-state index in [1.165, 1.54) is 5.56 Å². The summed E-state index contributed by atoms with van der Waals surface area (Å²) in [5, 5.41) is 6.41. The molecule has 1 aliphatic heterocycles. The number of fused-ring (bicyclic) bond motifs is 1. The van der Waals surface area contributed by atoms with Crippen LogP contribution in [-0.4, -0.2) is 22.0 Å². The van der Waals surface area contributed by atoms with Gasteiger partial charge in [-0.3, -0.25) is 9.69 Å². The fraction of sp³-hybridized carbons (Fsp3) is 0.217. The number of hydrogen-bond acceptors (Lipinski definition) is 4. The molecule has 0 aliphatic carbocycles. The van der Waals surface area contributed by atoms with Crippen molar-refractivity contribution in [3.63, 3.8) is 0 Å². The summed E-state index contributed by atoms with van der Waals surface area (Å²) in [6, 6.07) is 22.3. The van der Waals surface area contributed by atoms with Crippen molar-refractivity contribution in [2.24, 2.45) is 0 Å². The zero-order valence-electron chi connectivity index (χ0n) is 15.9. The number of carbonyl (C=O) groups excluding carboxylic acids is 1. The minimum atomic E-state index is -0.104. The van der Waals surface area contributed by atoms with Gasteiger partial charge in [0, 0.05) is 31.4 Å². The Morgan fingerprint density at radius 3 is 2.50 bits per heavy atom. The molecule has 0 saturated heterocycles. The SMILES string of the molecule is CC1Nc2ncc(C(=O)NCc3ccccc3)cc2CN1Cc1ccccc1. The summed E-state index contributed by atoms with van der Waals surface area (Å²) in [5.74, 6) is 0.754. The van der Waals surface area contributed by atoms with E-state index in [2.05, 4.69) is 51.7 Å². The average molecular weight is 372 g/mol. The molecule has 2 N–H and O–H groups in total. The number of aromatic nitrogens is 1. The number of carbonyl (C=O) groups is 1. The van der Waals surface area contributed by atoms with Crippen molar-refractivity contribution in [1.82, 2.24) is 15.2 Å². The van der Waals surface area contributed by atoms with Crippen LogP contribution < -0.4 is 10.6 Å². The van der Waals surface area contributed by atoms with E-state index in [4.69, 9.17) is 0 Å². The second-order valence-corrected chi connectivity index (χ2v) is 7.11. The lowest BCUT2D eigenvalue weighted by molar-refractivity contribution is 0.0950. The first-order chi connectivity index (χ1) is 13.7. The summed E-state index contributed by atoms with van der Waals surface area (Å²) in [4.78, 5) is 19.4. The van der Waals surface area contributed by atoms with Crippen LogP contribution in [0.15, 0.2) is 72.9 Å². The van der Waals surface area contributed by atoms with Gasteiger partial charge in [0.15, 0.2) is 0 Å². The summed E-state index contributed by atoms with van der Waals surface area (Å²) >= 11 is 0.